The lowest BCUT2D eigenvalue weighted by atomic mass is 9.87. The van der Waals surface area contributed by atoms with Crippen LogP contribution in [0.2, 0.25) is 0 Å². The van der Waals surface area contributed by atoms with Gasteiger partial charge in [0.1, 0.15) is 5.76 Å². The summed E-state index contributed by atoms with van der Waals surface area (Å²) in [4.78, 5) is 0. The number of benzene rings is 1. The number of hydrogen-bond acceptors (Lipinski definition) is 3. The summed E-state index contributed by atoms with van der Waals surface area (Å²) in [6.45, 7) is 8.98. The number of aryl methyl sites for hydroxylation is 4. The maximum atomic E-state index is 5.43. The molecule has 1 aliphatic carbocycles. The third-order valence-corrected chi connectivity index (χ3v) is 6.25. The fourth-order valence-corrected chi connectivity index (χ4v) is 4.58. The molecule has 0 radical (unpaired) electrons. The first-order valence-corrected chi connectivity index (χ1v) is 11.4. The molecule has 1 aromatic heterocycles. The van der Waals surface area contributed by atoms with E-state index in [2.05, 4.69) is 49.4 Å². The van der Waals surface area contributed by atoms with Crippen LogP contribution in [0.3, 0.4) is 0 Å². The molecule has 0 spiro atoms. The molecule has 0 bridgehead atoms. The van der Waals surface area contributed by atoms with Gasteiger partial charge in [0.15, 0.2) is 0 Å². The number of piperidine rings is 1. The summed E-state index contributed by atoms with van der Waals surface area (Å²) in [6, 6.07) is 6.86. The average molecular weight is 383 g/mol. The second-order valence-electron chi connectivity index (χ2n) is 8.58. The van der Waals surface area contributed by atoms with E-state index in [4.69, 9.17) is 4.52 Å². The van der Waals surface area contributed by atoms with Crippen molar-refractivity contribution >= 4 is 0 Å². The smallest absolute Gasteiger partial charge is 0.140 e. The van der Waals surface area contributed by atoms with Crippen LogP contribution in [0.25, 0.3) is 0 Å². The van der Waals surface area contributed by atoms with Crippen molar-refractivity contribution in [2.24, 2.45) is 0 Å². The van der Waals surface area contributed by atoms with Crippen LogP contribution in [0.1, 0.15) is 91.5 Å². The van der Waals surface area contributed by atoms with Gasteiger partial charge in [-0.1, -0.05) is 48.7 Å². The van der Waals surface area contributed by atoms with Crippen LogP contribution in [-0.4, -0.2) is 18.2 Å². The van der Waals surface area contributed by atoms with Crippen LogP contribution < -0.4 is 5.32 Å². The fourth-order valence-electron chi connectivity index (χ4n) is 4.58. The van der Waals surface area contributed by atoms with Crippen LogP contribution in [0.4, 0.5) is 0 Å². The van der Waals surface area contributed by atoms with Gasteiger partial charge in [-0.05, 0) is 88.9 Å². The van der Waals surface area contributed by atoms with Crippen LogP contribution in [-0.2, 0) is 19.3 Å². The molecule has 1 aromatic carbocycles. The molecule has 154 valence electrons. The van der Waals surface area contributed by atoms with Crippen molar-refractivity contribution in [2.45, 2.75) is 90.9 Å². The van der Waals surface area contributed by atoms with Crippen LogP contribution >= 0.6 is 0 Å². The van der Waals surface area contributed by atoms with Crippen molar-refractivity contribution in [1.29, 1.82) is 0 Å². The van der Waals surface area contributed by atoms with E-state index < -0.39 is 0 Å². The van der Waals surface area contributed by atoms with Crippen LogP contribution in [0.15, 0.2) is 22.7 Å². The van der Waals surface area contributed by atoms with E-state index in [0.717, 1.165) is 18.8 Å². The molecule has 0 atom stereocenters. The second-order valence-corrected chi connectivity index (χ2v) is 8.58. The SMILES string of the molecule is CCCCc1onc2c1CCCCC2.Cc1ccc(C2CCNCC2)c(C)c1. The van der Waals surface area contributed by atoms with E-state index in [9.17, 15) is 0 Å². The summed E-state index contributed by atoms with van der Waals surface area (Å²) in [6.07, 6.45) is 12.4. The van der Waals surface area contributed by atoms with Crippen LogP contribution in [0, 0.1) is 13.8 Å². The number of nitrogens with zero attached hydrogens (tertiary/aromatic N) is 1. The van der Waals surface area contributed by atoms with Crippen molar-refractivity contribution < 1.29 is 4.52 Å². The van der Waals surface area contributed by atoms with Gasteiger partial charge >= 0.3 is 0 Å². The molecule has 0 saturated carbocycles. The Kier molecular flexibility index (Phi) is 8.14. The zero-order valence-electron chi connectivity index (χ0n) is 18.2. The minimum Gasteiger partial charge on any atom is -0.361 e. The first-order chi connectivity index (χ1) is 13.7. The van der Waals surface area contributed by atoms with Gasteiger partial charge in [-0.15, -0.1) is 0 Å². The maximum absolute atomic E-state index is 5.43. The first kappa shape index (κ1) is 21.1. The molecule has 0 unspecified atom stereocenters. The molecule has 1 N–H and O–H groups in total. The molecule has 4 rings (SSSR count). The van der Waals surface area contributed by atoms with Gasteiger partial charge in [-0.2, -0.15) is 0 Å². The number of nitrogens with one attached hydrogen (secondary N) is 1. The summed E-state index contributed by atoms with van der Waals surface area (Å²) < 4.78 is 5.43. The van der Waals surface area contributed by atoms with E-state index in [1.165, 1.54) is 92.6 Å². The van der Waals surface area contributed by atoms with E-state index in [1.807, 2.05) is 0 Å². The van der Waals surface area contributed by atoms with Gasteiger partial charge in [0.2, 0.25) is 0 Å². The molecule has 3 nitrogen and oxygen atoms in total. The van der Waals surface area contributed by atoms with Crippen molar-refractivity contribution in [3.63, 3.8) is 0 Å². The molecule has 1 aliphatic heterocycles. The lowest BCUT2D eigenvalue weighted by Gasteiger charge is -2.24. The van der Waals surface area contributed by atoms with Crippen molar-refractivity contribution in [3.05, 3.63) is 51.9 Å². The van der Waals surface area contributed by atoms with Gasteiger partial charge < -0.3 is 9.84 Å². The molecular weight excluding hydrogens is 344 g/mol. The van der Waals surface area contributed by atoms with E-state index in [0.29, 0.717) is 0 Å². The number of rotatable bonds is 4. The van der Waals surface area contributed by atoms with Gasteiger partial charge in [-0.25, -0.2) is 0 Å². The minimum absolute atomic E-state index is 0.789. The van der Waals surface area contributed by atoms with Crippen molar-refractivity contribution in [2.75, 3.05) is 13.1 Å². The Morgan fingerprint density at radius 3 is 2.61 bits per heavy atom. The number of fused-ring (bicyclic) bond motifs is 1. The second kappa shape index (κ2) is 10.8. The predicted molar refractivity (Wildman–Crippen MR) is 117 cm³/mol. The largest absolute Gasteiger partial charge is 0.361 e. The van der Waals surface area contributed by atoms with E-state index in [1.54, 1.807) is 5.56 Å². The highest BCUT2D eigenvalue weighted by molar-refractivity contribution is 5.33. The highest BCUT2D eigenvalue weighted by Gasteiger charge is 2.17. The predicted octanol–water partition coefficient (Wildman–Crippen LogP) is 6.06. The van der Waals surface area contributed by atoms with Gasteiger partial charge in [0.05, 0.1) is 5.69 Å². The normalized spacial score (nSPS) is 17.4. The monoisotopic (exact) mass is 382 g/mol. The molecular formula is C25H38N2O. The Morgan fingerprint density at radius 1 is 1.07 bits per heavy atom. The number of hydrogen-bond donors (Lipinski definition) is 1. The van der Waals surface area contributed by atoms with Crippen molar-refractivity contribution in [3.8, 4) is 0 Å². The summed E-state index contributed by atoms with van der Waals surface area (Å²) in [7, 11) is 0. The average Bonchev–Trinajstić information content (AvgIpc) is 2.93. The molecule has 1 fully saturated rings. The molecule has 2 aromatic rings. The molecule has 2 aliphatic rings. The molecule has 0 amide bonds. The van der Waals surface area contributed by atoms with E-state index >= 15 is 0 Å². The third kappa shape index (κ3) is 5.70. The zero-order chi connectivity index (χ0) is 19.8. The Hall–Kier alpha value is -1.61. The number of unbranched alkanes of at least 4 members (excludes halogenated alkanes) is 1. The minimum atomic E-state index is 0.789. The summed E-state index contributed by atoms with van der Waals surface area (Å²) in [5, 5.41) is 7.61. The van der Waals surface area contributed by atoms with Gasteiger partial charge in [0.25, 0.3) is 0 Å². The van der Waals surface area contributed by atoms with E-state index in [-0.39, 0.29) is 0 Å². The highest BCUT2D eigenvalue weighted by atomic mass is 16.5. The quantitative estimate of drug-likeness (QED) is 0.653. The summed E-state index contributed by atoms with van der Waals surface area (Å²) >= 11 is 0. The molecule has 1 saturated heterocycles. The number of aromatic nitrogens is 1. The lowest BCUT2D eigenvalue weighted by molar-refractivity contribution is 0.371. The van der Waals surface area contributed by atoms with Gasteiger partial charge in [-0.3, -0.25) is 0 Å². The molecule has 2 heterocycles. The zero-order valence-corrected chi connectivity index (χ0v) is 18.2. The molecule has 28 heavy (non-hydrogen) atoms. The topological polar surface area (TPSA) is 38.1 Å². The molecule has 3 heteroatoms. The highest BCUT2D eigenvalue weighted by Crippen LogP contribution is 2.28. The Bertz CT molecular complexity index is 728. The fraction of sp³-hybridized carbons (Fsp3) is 0.640. The Labute approximate surface area is 171 Å². The van der Waals surface area contributed by atoms with Gasteiger partial charge in [0, 0.05) is 12.0 Å². The summed E-state index contributed by atoms with van der Waals surface area (Å²) in [5.74, 6) is 1.96. The van der Waals surface area contributed by atoms with Crippen LogP contribution in [0.5, 0.6) is 0 Å². The standard InChI is InChI=1S/C13H19N.C12H19NO/c1-10-3-4-13(11(2)9-10)12-5-7-14-8-6-12;1-2-3-9-12-10-7-5-4-6-8-11(10)13-14-12/h3-4,9,12,14H,5-8H2,1-2H3;2-9H2,1H3. The van der Waals surface area contributed by atoms with Crippen molar-refractivity contribution in [1.82, 2.24) is 10.5 Å². The third-order valence-electron chi connectivity index (χ3n) is 6.25. The summed E-state index contributed by atoms with van der Waals surface area (Å²) in [5.41, 5.74) is 7.10. The lowest BCUT2D eigenvalue weighted by Crippen LogP contribution is -2.26. The Morgan fingerprint density at radius 2 is 1.86 bits per heavy atom. The maximum Gasteiger partial charge on any atom is 0.140 e. The first-order valence-electron chi connectivity index (χ1n) is 11.4. The Balaban J connectivity index is 0.000000161.